The van der Waals surface area contributed by atoms with Gasteiger partial charge in [0.05, 0.1) is 0 Å². The van der Waals surface area contributed by atoms with Gasteiger partial charge in [-0.2, -0.15) is 0 Å². The van der Waals surface area contributed by atoms with Gasteiger partial charge in [-0.15, -0.1) is 0 Å². The minimum Gasteiger partial charge on any atom is -0.343 e. The van der Waals surface area contributed by atoms with Gasteiger partial charge >= 0.3 is 0 Å². The van der Waals surface area contributed by atoms with Crippen molar-refractivity contribution in [2.24, 2.45) is 5.92 Å². The van der Waals surface area contributed by atoms with Crippen LogP contribution in [-0.4, -0.2) is 61.0 Å². The average molecular weight is 297 g/mol. The van der Waals surface area contributed by atoms with Crippen LogP contribution in [0.1, 0.15) is 53.4 Å². The van der Waals surface area contributed by atoms with Crippen LogP contribution in [0.4, 0.5) is 0 Å². The second kappa shape index (κ2) is 10.2. The fraction of sp³-hybridized carbons (Fsp3) is 0.941. The van der Waals surface area contributed by atoms with Crippen LogP contribution in [-0.2, 0) is 4.79 Å². The predicted octanol–water partition coefficient (Wildman–Crippen LogP) is 2.34. The number of nitrogens with one attached hydrogen (secondary N) is 1. The number of hydrogen-bond acceptors (Lipinski definition) is 3. The van der Waals surface area contributed by atoms with Crippen molar-refractivity contribution >= 4 is 5.91 Å². The zero-order valence-corrected chi connectivity index (χ0v) is 14.5. The average Bonchev–Trinajstić information content (AvgIpc) is 2.49. The van der Waals surface area contributed by atoms with E-state index in [4.69, 9.17) is 0 Å². The fourth-order valence-electron chi connectivity index (χ4n) is 3.33. The highest BCUT2D eigenvalue weighted by molar-refractivity contribution is 5.76. The smallest absolute Gasteiger partial charge is 0.223 e. The van der Waals surface area contributed by atoms with Crippen molar-refractivity contribution in [2.75, 3.05) is 39.3 Å². The van der Waals surface area contributed by atoms with Crippen molar-refractivity contribution in [1.82, 2.24) is 15.1 Å². The van der Waals surface area contributed by atoms with Crippen molar-refractivity contribution in [2.45, 2.75) is 59.4 Å². The third-order valence-electron chi connectivity index (χ3n) is 4.71. The SMILES string of the molecule is CCCN1CCCC(C(C)NCCC(=O)N(CC)CC)C1. The summed E-state index contributed by atoms with van der Waals surface area (Å²) in [6.07, 6.45) is 4.50. The fourth-order valence-corrected chi connectivity index (χ4v) is 3.33. The Morgan fingerprint density at radius 3 is 2.67 bits per heavy atom. The molecule has 1 heterocycles. The molecular weight excluding hydrogens is 262 g/mol. The standard InChI is InChI=1S/C17H35N3O/c1-5-12-19-13-8-9-16(14-19)15(4)18-11-10-17(21)20(6-2)7-3/h15-16,18H,5-14H2,1-4H3. The number of likely N-dealkylation sites (tertiary alicyclic amines) is 1. The summed E-state index contributed by atoms with van der Waals surface area (Å²) in [5, 5.41) is 3.57. The minimum absolute atomic E-state index is 0.274. The minimum atomic E-state index is 0.274. The second-order valence-electron chi connectivity index (χ2n) is 6.26. The van der Waals surface area contributed by atoms with E-state index >= 15 is 0 Å². The maximum Gasteiger partial charge on any atom is 0.223 e. The maximum atomic E-state index is 12.0. The molecule has 1 rings (SSSR count). The lowest BCUT2D eigenvalue weighted by Crippen LogP contribution is -2.45. The molecule has 4 nitrogen and oxygen atoms in total. The Morgan fingerprint density at radius 2 is 2.05 bits per heavy atom. The largest absolute Gasteiger partial charge is 0.343 e. The third-order valence-corrected chi connectivity index (χ3v) is 4.71. The summed E-state index contributed by atoms with van der Waals surface area (Å²) in [4.78, 5) is 16.5. The van der Waals surface area contributed by atoms with E-state index in [0.717, 1.165) is 25.6 Å². The summed E-state index contributed by atoms with van der Waals surface area (Å²) in [7, 11) is 0. The van der Waals surface area contributed by atoms with Crippen LogP contribution >= 0.6 is 0 Å². The van der Waals surface area contributed by atoms with Crippen LogP contribution in [0.5, 0.6) is 0 Å². The summed E-state index contributed by atoms with van der Waals surface area (Å²) in [6, 6.07) is 0.508. The number of piperidine rings is 1. The monoisotopic (exact) mass is 297 g/mol. The lowest BCUT2D eigenvalue weighted by atomic mass is 9.91. The molecule has 4 heteroatoms. The van der Waals surface area contributed by atoms with Gasteiger partial charge < -0.3 is 15.1 Å². The van der Waals surface area contributed by atoms with Crippen LogP contribution in [0.3, 0.4) is 0 Å². The van der Waals surface area contributed by atoms with Gasteiger partial charge in [0.2, 0.25) is 5.91 Å². The Hall–Kier alpha value is -0.610. The molecule has 0 saturated carbocycles. The topological polar surface area (TPSA) is 35.6 Å². The highest BCUT2D eigenvalue weighted by atomic mass is 16.2. The molecule has 0 aliphatic carbocycles. The Morgan fingerprint density at radius 1 is 1.33 bits per heavy atom. The highest BCUT2D eigenvalue weighted by Crippen LogP contribution is 2.19. The van der Waals surface area contributed by atoms with Crippen molar-refractivity contribution in [3.63, 3.8) is 0 Å². The van der Waals surface area contributed by atoms with Crippen LogP contribution < -0.4 is 5.32 Å². The molecule has 21 heavy (non-hydrogen) atoms. The molecule has 1 aliphatic rings. The van der Waals surface area contributed by atoms with Crippen LogP contribution in [0.25, 0.3) is 0 Å². The Labute approximate surface area is 131 Å². The predicted molar refractivity (Wildman–Crippen MR) is 89.5 cm³/mol. The highest BCUT2D eigenvalue weighted by Gasteiger charge is 2.24. The molecule has 0 radical (unpaired) electrons. The van der Waals surface area contributed by atoms with Crippen LogP contribution in [0, 0.1) is 5.92 Å². The number of amides is 1. The van der Waals surface area contributed by atoms with Crippen LogP contribution in [0.2, 0.25) is 0 Å². The first-order valence-corrected chi connectivity index (χ1v) is 8.85. The number of nitrogens with zero attached hydrogens (tertiary/aromatic N) is 2. The molecule has 2 unspecified atom stereocenters. The van der Waals surface area contributed by atoms with E-state index in [-0.39, 0.29) is 5.91 Å². The van der Waals surface area contributed by atoms with Gasteiger partial charge in [0.1, 0.15) is 0 Å². The van der Waals surface area contributed by atoms with E-state index < -0.39 is 0 Å². The normalized spacial score (nSPS) is 21.2. The molecule has 1 fully saturated rings. The first kappa shape index (κ1) is 18.4. The van der Waals surface area contributed by atoms with Gasteiger partial charge in [0, 0.05) is 38.6 Å². The first-order valence-electron chi connectivity index (χ1n) is 8.85. The number of hydrogen-bond donors (Lipinski definition) is 1. The molecule has 0 aromatic heterocycles. The van der Waals surface area contributed by atoms with E-state index in [2.05, 4.69) is 24.1 Å². The molecular formula is C17H35N3O. The van der Waals surface area contributed by atoms with Gasteiger partial charge in [-0.3, -0.25) is 4.79 Å². The molecule has 2 atom stereocenters. The molecule has 1 saturated heterocycles. The summed E-state index contributed by atoms with van der Waals surface area (Å²) in [5.74, 6) is 1.00. The van der Waals surface area contributed by atoms with Gasteiger partial charge in [-0.05, 0) is 59.0 Å². The summed E-state index contributed by atoms with van der Waals surface area (Å²) in [6.45, 7) is 14.8. The lowest BCUT2D eigenvalue weighted by Gasteiger charge is -2.36. The number of carbonyl (C=O) groups excluding carboxylic acids is 1. The van der Waals surface area contributed by atoms with E-state index in [0.29, 0.717) is 12.5 Å². The summed E-state index contributed by atoms with van der Waals surface area (Å²) in [5.41, 5.74) is 0. The van der Waals surface area contributed by atoms with Gasteiger partial charge in [-0.25, -0.2) is 0 Å². The van der Waals surface area contributed by atoms with E-state index in [1.165, 1.54) is 38.9 Å². The molecule has 1 amide bonds. The molecule has 0 spiro atoms. The van der Waals surface area contributed by atoms with Crippen molar-refractivity contribution < 1.29 is 4.79 Å². The third kappa shape index (κ3) is 6.35. The summed E-state index contributed by atoms with van der Waals surface area (Å²) >= 11 is 0. The van der Waals surface area contributed by atoms with E-state index in [9.17, 15) is 4.79 Å². The van der Waals surface area contributed by atoms with Crippen molar-refractivity contribution in [3.8, 4) is 0 Å². The summed E-state index contributed by atoms with van der Waals surface area (Å²) < 4.78 is 0. The zero-order valence-electron chi connectivity index (χ0n) is 14.5. The van der Waals surface area contributed by atoms with E-state index in [1.807, 2.05) is 18.7 Å². The van der Waals surface area contributed by atoms with Crippen molar-refractivity contribution in [1.29, 1.82) is 0 Å². The quantitative estimate of drug-likeness (QED) is 0.709. The zero-order chi connectivity index (χ0) is 15.7. The molecule has 0 aromatic carbocycles. The Balaban J connectivity index is 2.26. The molecule has 124 valence electrons. The van der Waals surface area contributed by atoms with Gasteiger partial charge in [0.15, 0.2) is 0 Å². The molecule has 0 bridgehead atoms. The Kier molecular flexibility index (Phi) is 8.93. The molecule has 1 N–H and O–H groups in total. The van der Waals surface area contributed by atoms with Gasteiger partial charge in [0.25, 0.3) is 0 Å². The van der Waals surface area contributed by atoms with Gasteiger partial charge in [-0.1, -0.05) is 6.92 Å². The first-order chi connectivity index (χ1) is 10.1. The number of rotatable bonds is 9. The molecule has 0 aromatic rings. The number of carbonyl (C=O) groups is 1. The lowest BCUT2D eigenvalue weighted by molar-refractivity contribution is -0.130. The van der Waals surface area contributed by atoms with E-state index in [1.54, 1.807) is 0 Å². The molecule has 1 aliphatic heterocycles. The van der Waals surface area contributed by atoms with Crippen LogP contribution in [0.15, 0.2) is 0 Å². The van der Waals surface area contributed by atoms with Crippen molar-refractivity contribution in [3.05, 3.63) is 0 Å². The Bertz CT molecular complexity index is 290. The second-order valence-corrected chi connectivity index (χ2v) is 6.26. The maximum absolute atomic E-state index is 12.0.